The second-order valence-electron chi connectivity index (χ2n) is 11.5. The third-order valence-electron chi connectivity index (χ3n) is 6.95. The van der Waals surface area contributed by atoms with Crippen LogP contribution >= 0.6 is 11.8 Å². The van der Waals surface area contributed by atoms with Crippen LogP contribution in [0.5, 0.6) is 5.75 Å². The first-order chi connectivity index (χ1) is 19.6. The third kappa shape index (κ3) is 8.59. The molecule has 3 aromatic carbocycles. The van der Waals surface area contributed by atoms with Gasteiger partial charge in [-0.2, -0.15) is 4.31 Å². The van der Waals surface area contributed by atoms with E-state index < -0.39 is 27.9 Å². The molecule has 0 fully saturated rings. The average Bonchev–Trinajstić information content (AvgIpc) is 2.92. The molecule has 0 bridgehead atoms. The predicted molar refractivity (Wildman–Crippen MR) is 168 cm³/mol. The summed E-state index contributed by atoms with van der Waals surface area (Å²) in [6.07, 6.45) is 0.310. The molecule has 0 unspecified atom stereocenters. The Hall–Kier alpha value is -3.34. The summed E-state index contributed by atoms with van der Waals surface area (Å²) in [5.41, 5.74) is 7.84. The van der Waals surface area contributed by atoms with Crippen LogP contribution in [0.25, 0.3) is 0 Å². The summed E-state index contributed by atoms with van der Waals surface area (Å²) in [4.78, 5) is 27.2. The van der Waals surface area contributed by atoms with Crippen LogP contribution < -0.4 is 15.8 Å². The van der Waals surface area contributed by atoms with Crippen molar-refractivity contribution < 1.29 is 22.7 Å². The summed E-state index contributed by atoms with van der Waals surface area (Å²) in [5.74, 6) is -0.391. The van der Waals surface area contributed by atoms with Crippen molar-refractivity contribution in [2.24, 2.45) is 5.73 Å². The molecule has 0 saturated heterocycles. The van der Waals surface area contributed by atoms with Crippen LogP contribution in [0.3, 0.4) is 0 Å². The highest BCUT2D eigenvalue weighted by Crippen LogP contribution is 2.34. The third-order valence-corrected chi connectivity index (χ3v) is 10.0. The normalized spacial score (nSPS) is 12.8. The number of nitrogens with one attached hydrogen (secondary N) is 1. The lowest BCUT2D eigenvalue weighted by molar-refractivity contribution is -0.118. The molecule has 0 radical (unpaired) electrons. The van der Waals surface area contributed by atoms with Crippen molar-refractivity contribution in [1.29, 1.82) is 0 Å². The highest BCUT2D eigenvalue weighted by Gasteiger charge is 2.27. The number of nitrogens with two attached hydrogens (primary N) is 1. The highest BCUT2D eigenvalue weighted by atomic mass is 32.2. The number of ether oxygens (including phenoxy) is 1. The molecule has 0 spiro atoms. The summed E-state index contributed by atoms with van der Waals surface area (Å²) >= 11 is 1.31. The van der Waals surface area contributed by atoms with Crippen LogP contribution in [-0.2, 0) is 26.7 Å². The second kappa shape index (κ2) is 13.8. The van der Waals surface area contributed by atoms with Crippen LogP contribution in [0.1, 0.15) is 62.5 Å². The van der Waals surface area contributed by atoms with Crippen molar-refractivity contribution in [2.75, 3.05) is 14.2 Å². The van der Waals surface area contributed by atoms with Crippen molar-refractivity contribution in [3.63, 3.8) is 0 Å². The van der Waals surface area contributed by atoms with Gasteiger partial charge in [0, 0.05) is 35.3 Å². The maximum absolute atomic E-state index is 13.8. The van der Waals surface area contributed by atoms with Crippen LogP contribution in [-0.4, -0.2) is 50.8 Å². The van der Waals surface area contributed by atoms with Gasteiger partial charge in [0.2, 0.25) is 15.9 Å². The fraction of sp³-hybridized carbons (Fsp3) is 0.375. The van der Waals surface area contributed by atoms with E-state index in [1.54, 1.807) is 27.0 Å². The molecule has 10 heteroatoms. The minimum Gasteiger partial charge on any atom is -0.497 e. The summed E-state index contributed by atoms with van der Waals surface area (Å²) in [6, 6.07) is 19.1. The van der Waals surface area contributed by atoms with Gasteiger partial charge >= 0.3 is 0 Å². The van der Waals surface area contributed by atoms with Crippen LogP contribution in [0.15, 0.2) is 81.4 Å². The molecule has 0 aliphatic carbocycles. The van der Waals surface area contributed by atoms with E-state index in [0.717, 1.165) is 10.5 Å². The van der Waals surface area contributed by atoms with Gasteiger partial charge in [0.25, 0.3) is 5.91 Å². The van der Waals surface area contributed by atoms with Gasteiger partial charge in [0.1, 0.15) is 5.75 Å². The number of sulfonamides is 1. The SMILES string of the molecule is COc1cccc(Sc2ccc(S(=O)(=O)N(C)C(C)C)cc2C(=O)N[C@@H](CC(N)=O)Cc2ccc(C(C)(C)C)cc2)c1. The van der Waals surface area contributed by atoms with Gasteiger partial charge in [-0.3, -0.25) is 9.59 Å². The molecule has 3 N–H and O–H groups in total. The molecule has 3 aromatic rings. The van der Waals surface area contributed by atoms with Gasteiger partial charge in [-0.1, -0.05) is 62.9 Å². The Morgan fingerprint density at radius 1 is 1.02 bits per heavy atom. The van der Waals surface area contributed by atoms with Crippen LogP contribution in [0.4, 0.5) is 0 Å². The Kier molecular flexibility index (Phi) is 10.9. The van der Waals surface area contributed by atoms with E-state index in [-0.39, 0.29) is 28.3 Å². The van der Waals surface area contributed by atoms with E-state index in [4.69, 9.17) is 10.5 Å². The molecule has 2 amide bonds. The van der Waals surface area contributed by atoms with Gasteiger partial charge in [0.05, 0.1) is 17.6 Å². The number of carbonyl (C=O) groups is 2. The maximum Gasteiger partial charge on any atom is 0.252 e. The lowest BCUT2D eigenvalue weighted by atomic mass is 9.86. The molecule has 0 heterocycles. The number of hydrogen-bond donors (Lipinski definition) is 2. The fourth-order valence-electron chi connectivity index (χ4n) is 4.28. The molecular weight excluding hydrogens is 571 g/mol. The van der Waals surface area contributed by atoms with Crippen LogP contribution in [0.2, 0.25) is 0 Å². The quantitative estimate of drug-likeness (QED) is 0.284. The van der Waals surface area contributed by atoms with Gasteiger partial charge in [-0.15, -0.1) is 0 Å². The number of primary amides is 1. The average molecular weight is 612 g/mol. The second-order valence-corrected chi connectivity index (χ2v) is 14.7. The Bertz CT molecular complexity index is 1510. The number of nitrogens with zero attached hydrogens (tertiary/aromatic N) is 1. The largest absolute Gasteiger partial charge is 0.497 e. The zero-order valence-electron chi connectivity index (χ0n) is 25.3. The molecule has 0 aromatic heterocycles. The molecule has 226 valence electrons. The van der Waals surface area contributed by atoms with Crippen molar-refractivity contribution in [1.82, 2.24) is 9.62 Å². The molecule has 42 heavy (non-hydrogen) atoms. The molecule has 1 atom stereocenters. The standard InChI is InChI=1S/C32H41N3O5S2/c1-21(2)35(6)42(38,39)27-15-16-29(41-26-10-8-9-25(19-26)40-7)28(20-27)31(37)34-24(18-30(33)36)17-22-11-13-23(14-12-22)32(3,4)5/h8-16,19-21,24H,17-18H2,1-7H3,(H2,33,36)(H,34,37)/t24-/m1/s1. The number of carbonyl (C=O) groups excluding carboxylic acids is 2. The van der Waals surface area contributed by atoms with Gasteiger partial charge in [-0.05, 0) is 73.2 Å². The van der Waals surface area contributed by atoms with Gasteiger partial charge in [-0.25, -0.2) is 8.42 Å². The summed E-state index contributed by atoms with van der Waals surface area (Å²) in [5, 5.41) is 2.95. The monoisotopic (exact) mass is 611 g/mol. The Balaban J connectivity index is 2.00. The van der Waals surface area contributed by atoms with Gasteiger partial charge in [0.15, 0.2) is 0 Å². The van der Waals surface area contributed by atoms with E-state index in [1.807, 2.05) is 48.5 Å². The highest BCUT2D eigenvalue weighted by molar-refractivity contribution is 7.99. The zero-order valence-corrected chi connectivity index (χ0v) is 26.9. The number of methoxy groups -OCH3 is 1. The molecule has 0 aliphatic heterocycles. The lowest BCUT2D eigenvalue weighted by Gasteiger charge is -2.23. The number of rotatable bonds is 12. The Morgan fingerprint density at radius 2 is 1.69 bits per heavy atom. The first-order valence-electron chi connectivity index (χ1n) is 13.7. The van der Waals surface area contributed by atoms with Crippen molar-refractivity contribution >= 4 is 33.6 Å². The fourth-order valence-corrected chi connectivity index (χ4v) is 6.64. The van der Waals surface area contributed by atoms with E-state index in [9.17, 15) is 18.0 Å². The first kappa shape index (κ1) is 33.2. The number of benzene rings is 3. The summed E-state index contributed by atoms with van der Waals surface area (Å²) < 4.78 is 33.2. The maximum atomic E-state index is 13.8. The predicted octanol–water partition coefficient (Wildman–Crippen LogP) is 5.39. The van der Waals surface area contributed by atoms with Crippen molar-refractivity contribution in [3.05, 3.63) is 83.4 Å². The Labute approximate surface area is 254 Å². The molecular formula is C32H41N3O5S2. The smallest absolute Gasteiger partial charge is 0.252 e. The Morgan fingerprint density at radius 3 is 2.26 bits per heavy atom. The lowest BCUT2D eigenvalue weighted by Crippen LogP contribution is -2.39. The molecule has 8 nitrogen and oxygen atoms in total. The van der Waals surface area contributed by atoms with E-state index in [0.29, 0.717) is 17.1 Å². The molecule has 0 aliphatic rings. The van der Waals surface area contributed by atoms with E-state index in [2.05, 4.69) is 26.1 Å². The number of hydrogen-bond acceptors (Lipinski definition) is 6. The van der Waals surface area contributed by atoms with Crippen LogP contribution in [0, 0.1) is 0 Å². The minimum atomic E-state index is -3.86. The van der Waals surface area contributed by atoms with Crippen molar-refractivity contribution in [3.8, 4) is 5.75 Å². The van der Waals surface area contributed by atoms with Gasteiger partial charge < -0.3 is 15.8 Å². The van der Waals surface area contributed by atoms with Crippen molar-refractivity contribution in [2.45, 2.75) is 79.6 Å². The van der Waals surface area contributed by atoms with E-state index >= 15 is 0 Å². The first-order valence-corrected chi connectivity index (χ1v) is 16.0. The molecule has 0 saturated carbocycles. The summed E-state index contributed by atoms with van der Waals surface area (Å²) in [7, 11) is -0.778. The van der Waals surface area contributed by atoms with E-state index in [1.165, 1.54) is 40.8 Å². The zero-order chi connectivity index (χ0) is 31.2. The molecule has 3 rings (SSSR count). The number of amides is 2. The minimum absolute atomic E-state index is 0.00284. The summed E-state index contributed by atoms with van der Waals surface area (Å²) in [6.45, 7) is 9.95. The topological polar surface area (TPSA) is 119 Å².